The molecule has 3 rings (SSSR count). The lowest BCUT2D eigenvalue weighted by molar-refractivity contribution is 0.180. The molecule has 2 atom stereocenters. The van der Waals surface area contributed by atoms with Crippen LogP contribution in [0.1, 0.15) is 62.9 Å². The van der Waals surface area contributed by atoms with E-state index < -0.39 is 0 Å². The van der Waals surface area contributed by atoms with Crippen LogP contribution in [0.3, 0.4) is 0 Å². The zero-order valence-corrected chi connectivity index (χ0v) is 14.4. The van der Waals surface area contributed by atoms with E-state index in [4.69, 9.17) is 4.74 Å². The third-order valence-electron chi connectivity index (χ3n) is 4.83. The Labute approximate surface area is 138 Å². The van der Waals surface area contributed by atoms with Crippen LogP contribution in [0.5, 0.6) is 5.75 Å². The van der Waals surface area contributed by atoms with Gasteiger partial charge in [0.25, 0.3) is 0 Å². The van der Waals surface area contributed by atoms with Gasteiger partial charge in [-0.25, -0.2) is 0 Å². The molecule has 1 aliphatic carbocycles. The van der Waals surface area contributed by atoms with Crippen molar-refractivity contribution in [1.82, 2.24) is 14.8 Å². The maximum absolute atomic E-state index is 6.04. The number of aryl methyl sites for hydroxylation is 1. The predicted octanol–water partition coefficient (Wildman–Crippen LogP) is 4.52. The third kappa shape index (κ3) is 3.74. The summed E-state index contributed by atoms with van der Waals surface area (Å²) in [5.41, 5.74) is 2.39. The number of hydrogen-bond acceptors (Lipinski definition) is 3. The first-order valence-electron chi connectivity index (χ1n) is 8.74. The van der Waals surface area contributed by atoms with Crippen LogP contribution in [0.4, 0.5) is 0 Å². The molecule has 2 heterocycles. The normalized spacial score (nSPS) is 21.6. The monoisotopic (exact) mass is 313 g/mol. The highest BCUT2D eigenvalue weighted by Crippen LogP contribution is 2.38. The van der Waals surface area contributed by atoms with Crippen molar-refractivity contribution in [3.8, 4) is 5.75 Å². The molecule has 0 bridgehead atoms. The molecule has 2 unspecified atom stereocenters. The minimum absolute atomic E-state index is 0.407. The van der Waals surface area contributed by atoms with Gasteiger partial charge in [-0.05, 0) is 51.8 Å². The molecule has 23 heavy (non-hydrogen) atoms. The van der Waals surface area contributed by atoms with E-state index in [0.29, 0.717) is 17.9 Å². The fourth-order valence-electron chi connectivity index (χ4n) is 3.59. The van der Waals surface area contributed by atoms with Gasteiger partial charge >= 0.3 is 0 Å². The van der Waals surface area contributed by atoms with Crippen LogP contribution in [0.25, 0.3) is 0 Å². The highest BCUT2D eigenvalue weighted by molar-refractivity contribution is 5.19. The maximum atomic E-state index is 6.04. The minimum atomic E-state index is 0.407. The molecule has 124 valence electrons. The summed E-state index contributed by atoms with van der Waals surface area (Å²) in [7, 11) is 0. The van der Waals surface area contributed by atoms with Crippen molar-refractivity contribution in [3.63, 3.8) is 0 Å². The van der Waals surface area contributed by atoms with E-state index in [9.17, 15) is 0 Å². The number of aromatic nitrogens is 3. The Morgan fingerprint density at radius 2 is 2.04 bits per heavy atom. The highest BCUT2D eigenvalue weighted by atomic mass is 16.5. The Balaban J connectivity index is 1.71. The van der Waals surface area contributed by atoms with Gasteiger partial charge in [-0.3, -0.25) is 9.67 Å². The van der Waals surface area contributed by atoms with E-state index >= 15 is 0 Å². The first-order valence-corrected chi connectivity index (χ1v) is 8.74. The van der Waals surface area contributed by atoms with Crippen LogP contribution in [0.2, 0.25) is 0 Å². The van der Waals surface area contributed by atoms with Crippen molar-refractivity contribution in [2.75, 3.05) is 6.61 Å². The Morgan fingerprint density at radius 1 is 1.22 bits per heavy atom. The topological polar surface area (TPSA) is 39.9 Å². The molecule has 2 aromatic rings. The molecule has 0 radical (unpaired) electrons. The average molecular weight is 313 g/mol. The van der Waals surface area contributed by atoms with Crippen molar-refractivity contribution in [2.45, 2.75) is 58.4 Å². The Hall–Kier alpha value is -1.84. The number of hydrogen-bond donors (Lipinski definition) is 0. The number of ether oxygens (including phenoxy) is 1. The van der Waals surface area contributed by atoms with Crippen LogP contribution >= 0.6 is 0 Å². The first-order chi connectivity index (χ1) is 11.1. The second-order valence-corrected chi connectivity index (χ2v) is 6.89. The van der Waals surface area contributed by atoms with Crippen LogP contribution in [-0.4, -0.2) is 21.4 Å². The molecule has 1 aliphatic rings. The molecule has 0 saturated heterocycles. The minimum Gasteiger partial charge on any atom is -0.492 e. The van der Waals surface area contributed by atoms with Gasteiger partial charge < -0.3 is 4.74 Å². The highest BCUT2D eigenvalue weighted by Gasteiger charge is 2.29. The molecule has 1 fully saturated rings. The fraction of sp³-hybridized carbons (Fsp3) is 0.579. The summed E-state index contributed by atoms with van der Waals surface area (Å²) in [6, 6.07) is 6.61. The van der Waals surface area contributed by atoms with Gasteiger partial charge in [0.05, 0.1) is 12.8 Å². The molecule has 0 spiro atoms. The molecule has 1 saturated carbocycles. The van der Waals surface area contributed by atoms with Crippen molar-refractivity contribution >= 4 is 0 Å². The van der Waals surface area contributed by atoms with Gasteiger partial charge in [0.2, 0.25) is 0 Å². The van der Waals surface area contributed by atoms with E-state index in [2.05, 4.69) is 34.7 Å². The van der Waals surface area contributed by atoms with E-state index in [-0.39, 0.29) is 0 Å². The lowest BCUT2D eigenvalue weighted by Crippen LogP contribution is -2.26. The molecule has 4 heteroatoms. The molecular weight excluding hydrogens is 286 g/mol. The Morgan fingerprint density at radius 3 is 2.78 bits per heavy atom. The van der Waals surface area contributed by atoms with Crippen LogP contribution in [0.15, 0.2) is 30.6 Å². The van der Waals surface area contributed by atoms with E-state index in [1.54, 1.807) is 0 Å². The lowest BCUT2D eigenvalue weighted by Gasteiger charge is -2.32. The average Bonchev–Trinajstić information content (AvgIpc) is 3.04. The van der Waals surface area contributed by atoms with E-state index in [0.717, 1.165) is 18.1 Å². The number of nitrogens with zero attached hydrogens (tertiary/aromatic N) is 3. The summed E-state index contributed by atoms with van der Waals surface area (Å²) in [4.78, 5) is 4.31. The molecule has 4 nitrogen and oxygen atoms in total. The van der Waals surface area contributed by atoms with Gasteiger partial charge in [-0.2, -0.15) is 5.10 Å². The summed E-state index contributed by atoms with van der Waals surface area (Å²) in [5, 5.41) is 4.52. The molecular formula is C19H27N3O. The van der Waals surface area contributed by atoms with Gasteiger partial charge in [-0.1, -0.05) is 12.8 Å². The largest absolute Gasteiger partial charge is 0.492 e. The zero-order valence-electron chi connectivity index (χ0n) is 14.4. The molecule has 0 aliphatic heterocycles. The zero-order chi connectivity index (χ0) is 16.2. The second-order valence-electron chi connectivity index (χ2n) is 6.89. The molecule has 2 aromatic heterocycles. The Bertz CT molecular complexity index is 618. The summed E-state index contributed by atoms with van der Waals surface area (Å²) in [6.45, 7) is 7.15. The van der Waals surface area contributed by atoms with Gasteiger partial charge in [-0.15, -0.1) is 0 Å². The summed E-state index contributed by atoms with van der Waals surface area (Å²) < 4.78 is 8.21. The number of rotatable bonds is 5. The van der Waals surface area contributed by atoms with Gasteiger partial charge in [0.15, 0.2) is 0 Å². The van der Waals surface area contributed by atoms with Crippen molar-refractivity contribution in [1.29, 1.82) is 0 Å². The molecule has 0 amide bonds. The van der Waals surface area contributed by atoms with Crippen LogP contribution < -0.4 is 4.74 Å². The SMILES string of the molecule is Cc1ccc(OCC2CCCCC2c2ccnn2C(C)C)cn1. The summed E-state index contributed by atoms with van der Waals surface area (Å²) >= 11 is 0. The molecule has 0 N–H and O–H groups in total. The Kier molecular flexibility index (Phi) is 4.99. The third-order valence-corrected chi connectivity index (χ3v) is 4.83. The maximum Gasteiger partial charge on any atom is 0.137 e. The predicted molar refractivity (Wildman–Crippen MR) is 91.8 cm³/mol. The van der Waals surface area contributed by atoms with Crippen molar-refractivity contribution < 1.29 is 4.74 Å². The van der Waals surface area contributed by atoms with Crippen LogP contribution in [-0.2, 0) is 0 Å². The summed E-state index contributed by atoms with van der Waals surface area (Å²) in [6.07, 6.45) is 8.83. The van der Waals surface area contributed by atoms with Crippen LogP contribution in [0, 0.1) is 12.8 Å². The van der Waals surface area contributed by atoms with E-state index in [1.165, 1.54) is 31.4 Å². The smallest absolute Gasteiger partial charge is 0.137 e. The first kappa shape index (κ1) is 16.0. The quantitative estimate of drug-likeness (QED) is 0.814. The fourth-order valence-corrected chi connectivity index (χ4v) is 3.59. The van der Waals surface area contributed by atoms with Crippen molar-refractivity contribution in [3.05, 3.63) is 42.0 Å². The lowest BCUT2D eigenvalue weighted by atomic mass is 9.77. The standard InChI is InChI=1S/C19H27N3O/c1-14(2)22-19(10-11-21-22)18-7-5-4-6-16(18)13-23-17-9-8-15(3)20-12-17/h8-12,14,16,18H,4-7,13H2,1-3H3. The van der Waals surface area contributed by atoms with E-state index in [1.807, 2.05) is 31.5 Å². The summed E-state index contributed by atoms with van der Waals surface area (Å²) in [5.74, 6) is 1.98. The van der Waals surface area contributed by atoms with Crippen molar-refractivity contribution in [2.24, 2.45) is 5.92 Å². The van der Waals surface area contributed by atoms with Gasteiger partial charge in [0.1, 0.15) is 5.75 Å². The van der Waals surface area contributed by atoms with Gasteiger partial charge in [0, 0.05) is 35.5 Å². The molecule has 0 aromatic carbocycles. The second kappa shape index (κ2) is 7.16. The number of pyridine rings is 1.